The molecule has 0 aliphatic carbocycles. The van der Waals surface area contributed by atoms with E-state index < -0.39 is 0 Å². The molecule has 2 aromatic rings. The Hall–Kier alpha value is -1.76. The summed E-state index contributed by atoms with van der Waals surface area (Å²) in [5.41, 5.74) is 1.05. The van der Waals surface area contributed by atoms with E-state index in [4.69, 9.17) is 32.7 Å². The molecule has 0 saturated heterocycles. The van der Waals surface area contributed by atoms with Gasteiger partial charge in [0.25, 0.3) is 5.91 Å². The number of aromatic nitrogens is 2. The van der Waals surface area contributed by atoms with Crippen molar-refractivity contribution >= 4 is 29.1 Å². The van der Waals surface area contributed by atoms with Gasteiger partial charge in [-0.3, -0.25) is 4.79 Å². The van der Waals surface area contributed by atoms with Crippen LogP contribution in [0.5, 0.6) is 5.88 Å². The maximum Gasteiger partial charge on any atom is 0.268 e. The third-order valence-corrected chi connectivity index (χ3v) is 3.48. The molecule has 0 aromatic carbocycles. The molecular weight excluding hydrogens is 329 g/mol. The second kappa shape index (κ2) is 8.03. The normalized spacial score (nSPS) is 10.5. The molecule has 0 aliphatic heterocycles. The number of hydrogen-bond donors (Lipinski definition) is 2. The highest BCUT2D eigenvalue weighted by atomic mass is 35.5. The molecule has 0 radical (unpaired) electrons. The Bertz CT molecular complexity index is 627. The summed E-state index contributed by atoms with van der Waals surface area (Å²) in [7, 11) is 1.59. The van der Waals surface area contributed by atoms with E-state index in [1.165, 1.54) is 6.07 Å². The zero-order valence-corrected chi connectivity index (χ0v) is 13.4. The topological polar surface area (TPSA) is 76.2 Å². The molecule has 2 N–H and O–H groups in total. The minimum atomic E-state index is -0.319. The van der Waals surface area contributed by atoms with Crippen molar-refractivity contribution < 1.29 is 14.3 Å². The monoisotopic (exact) mass is 343 g/mol. The number of H-pyrrole nitrogens is 1. The van der Waals surface area contributed by atoms with E-state index in [0.29, 0.717) is 29.8 Å². The van der Waals surface area contributed by atoms with Gasteiger partial charge in [-0.15, -0.1) is 0 Å². The van der Waals surface area contributed by atoms with Gasteiger partial charge in [-0.25, -0.2) is 4.98 Å². The highest BCUT2D eigenvalue weighted by Crippen LogP contribution is 2.22. The molecule has 0 spiro atoms. The van der Waals surface area contributed by atoms with Gasteiger partial charge in [-0.05, 0) is 12.1 Å². The van der Waals surface area contributed by atoms with E-state index in [-0.39, 0.29) is 17.6 Å². The lowest BCUT2D eigenvalue weighted by Gasteiger charge is -2.10. The van der Waals surface area contributed by atoms with Crippen molar-refractivity contribution in [1.82, 2.24) is 15.3 Å². The molecule has 0 atom stereocenters. The van der Waals surface area contributed by atoms with Crippen LogP contribution < -0.4 is 10.1 Å². The van der Waals surface area contributed by atoms with Crippen molar-refractivity contribution in [3.63, 3.8) is 0 Å². The smallest absolute Gasteiger partial charge is 0.268 e. The Labute approximate surface area is 137 Å². The van der Waals surface area contributed by atoms with Gasteiger partial charge in [0.15, 0.2) is 0 Å². The first-order valence-corrected chi connectivity index (χ1v) is 7.25. The molecule has 2 aromatic heterocycles. The van der Waals surface area contributed by atoms with Crippen molar-refractivity contribution in [2.45, 2.75) is 6.54 Å². The number of hydrogen-bond acceptors (Lipinski definition) is 4. The minimum Gasteiger partial charge on any atom is -0.475 e. The minimum absolute atomic E-state index is 0.233. The Morgan fingerprint density at radius 1 is 1.41 bits per heavy atom. The molecule has 0 aliphatic rings. The van der Waals surface area contributed by atoms with Gasteiger partial charge in [0, 0.05) is 25.4 Å². The summed E-state index contributed by atoms with van der Waals surface area (Å²) in [4.78, 5) is 18.8. The maximum absolute atomic E-state index is 12.0. The molecule has 22 heavy (non-hydrogen) atoms. The quantitative estimate of drug-likeness (QED) is 0.757. The van der Waals surface area contributed by atoms with Gasteiger partial charge in [-0.2, -0.15) is 0 Å². The van der Waals surface area contributed by atoms with Crippen molar-refractivity contribution in [2.75, 3.05) is 20.3 Å². The van der Waals surface area contributed by atoms with E-state index in [2.05, 4.69) is 15.3 Å². The molecule has 0 saturated carbocycles. The molecule has 0 unspecified atom stereocenters. The fourth-order valence-electron chi connectivity index (χ4n) is 1.71. The SMILES string of the molecule is COCCOc1ncccc1CNC(=O)c1cc(Cl)c(Cl)[nH]1. The largest absolute Gasteiger partial charge is 0.475 e. The number of ether oxygens (including phenoxy) is 2. The van der Waals surface area contributed by atoms with Gasteiger partial charge in [0.05, 0.1) is 11.6 Å². The van der Waals surface area contributed by atoms with Crippen LogP contribution in [0, 0.1) is 0 Å². The maximum atomic E-state index is 12.0. The van der Waals surface area contributed by atoms with Gasteiger partial charge < -0.3 is 19.8 Å². The van der Waals surface area contributed by atoms with Crippen LogP contribution >= 0.6 is 23.2 Å². The number of carbonyl (C=O) groups excluding carboxylic acids is 1. The van der Waals surface area contributed by atoms with Crippen LogP contribution in [-0.2, 0) is 11.3 Å². The number of nitrogens with zero attached hydrogens (tertiary/aromatic N) is 1. The fraction of sp³-hybridized carbons (Fsp3) is 0.286. The second-order valence-corrected chi connectivity index (χ2v) is 5.12. The number of rotatable bonds is 7. The second-order valence-electron chi connectivity index (χ2n) is 4.34. The van der Waals surface area contributed by atoms with E-state index in [0.717, 1.165) is 5.56 Å². The molecule has 0 bridgehead atoms. The zero-order chi connectivity index (χ0) is 15.9. The summed E-state index contributed by atoms with van der Waals surface area (Å²) < 4.78 is 10.4. The van der Waals surface area contributed by atoms with Crippen LogP contribution in [0.1, 0.15) is 16.1 Å². The Balaban J connectivity index is 1.97. The van der Waals surface area contributed by atoms with E-state index in [1.54, 1.807) is 19.4 Å². The van der Waals surface area contributed by atoms with Crippen LogP contribution in [0.15, 0.2) is 24.4 Å². The van der Waals surface area contributed by atoms with Crippen LogP contribution in [0.2, 0.25) is 10.2 Å². The molecule has 1 amide bonds. The highest BCUT2D eigenvalue weighted by molar-refractivity contribution is 6.41. The highest BCUT2D eigenvalue weighted by Gasteiger charge is 2.12. The summed E-state index contributed by atoms with van der Waals surface area (Å²) in [5, 5.41) is 3.28. The van der Waals surface area contributed by atoms with Crippen molar-refractivity contribution in [3.8, 4) is 5.88 Å². The lowest BCUT2D eigenvalue weighted by molar-refractivity contribution is 0.0945. The van der Waals surface area contributed by atoms with Gasteiger partial charge in [0.2, 0.25) is 5.88 Å². The summed E-state index contributed by atoms with van der Waals surface area (Å²) in [5.74, 6) is 0.142. The van der Waals surface area contributed by atoms with E-state index >= 15 is 0 Å². The Kier molecular flexibility index (Phi) is 6.06. The number of carbonyl (C=O) groups is 1. The Morgan fingerprint density at radius 2 is 2.23 bits per heavy atom. The fourth-order valence-corrected chi connectivity index (χ4v) is 2.02. The summed E-state index contributed by atoms with van der Waals surface area (Å²) in [6.45, 7) is 1.11. The molecule has 0 fully saturated rings. The van der Waals surface area contributed by atoms with Crippen molar-refractivity contribution in [2.24, 2.45) is 0 Å². The lowest BCUT2D eigenvalue weighted by Crippen LogP contribution is -2.23. The first-order valence-electron chi connectivity index (χ1n) is 6.49. The van der Waals surface area contributed by atoms with Gasteiger partial charge >= 0.3 is 0 Å². The average Bonchev–Trinajstić information content (AvgIpc) is 2.86. The number of pyridine rings is 1. The van der Waals surface area contributed by atoms with Gasteiger partial charge in [-0.1, -0.05) is 29.3 Å². The molecule has 2 rings (SSSR count). The number of amides is 1. The standard InChI is InChI=1S/C14H15Cl2N3O3/c1-21-5-6-22-14-9(3-2-4-17-14)8-18-13(20)11-7-10(15)12(16)19-11/h2-4,7,19H,5-6,8H2,1H3,(H,18,20). The summed E-state index contributed by atoms with van der Waals surface area (Å²) in [6, 6.07) is 5.07. The molecule has 6 nitrogen and oxygen atoms in total. The Morgan fingerprint density at radius 3 is 2.91 bits per heavy atom. The molecule has 118 valence electrons. The number of methoxy groups -OCH3 is 1. The third-order valence-electron chi connectivity index (χ3n) is 2.79. The lowest BCUT2D eigenvalue weighted by atomic mass is 10.2. The van der Waals surface area contributed by atoms with Gasteiger partial charge in [0.1, 0.15) is 17.5 Å². The molecule has 2 heterocycles. The van der Waals surface area contributed by atoms with E-state index in [9.17, 15) is 4.79 Å². The molecule has 8 heteroatoms. The first-order chi connectivity index (χ1) is 10.6. The van der Waals surface area contributed by atoms with Crippen molar-refractivity contribution in [1.29, 1.82) is 0 Å². The van der Waals surface area contributed by atoms with Crippen LogP contribution in [0.25, 0.3) is 0 Å². The molecular formula is C14H15Cl2N3O3. The first kappa shape index (κ1) is 16.6. The number of nitrogens with one attached hydrogen (secondary N) is 2. The number of aromatic amines is 1. The predicted octanol–water partition coefficient (Wildman–Crippen LogP) is 2.67. The summed E-state index contributed by atoms with van der Waals surface area (Å²) >= 11 is 11.6. The number of halogens is 2. The van der Waals surface area contributed by atoms with E-state index in [1.807, 2.05) is 6.07 Å². The van der Waals surface area contributed by atoms with Crippen LogP contribution in [0.3, 0.4) is 0 Å². The van der Waals surface area contributed by atoms with Crippen LogP contribution in [-0.4, -0.2) is 36.2 Å². The zero-order valence-electron chi connectivity index (χ0n) is 11.9. The summed E-state index contributed by atoms with van der Waals surface area (Å²) in [6.07, 6.45) is 1.62. The predicted molar refractivity (Wildman–Crippen MR) is 83.6 cm³/mol. The van der Waals surface area contributed by atoms with Crippen molar-refractivity contribution in [3.05, 3.63) is 45.8 Å². The third kappa shape index (κ3) is 4.37. The average molecular weight is 344 g/mol. The van der Waals surface area contributed by atoms with Crippen LogP contribution in [0.4, 0.5) is 0 Å².